The lowest BCUT2D eigenvalue weighted by atomic mass is 10.1. The first-order chi connectivity index (χ1) is 9.83. The molecule has 4 nitrogen and oxygen atoms in total. The Balaban J connectivity index is 1.77. The van der Waals surface area contributed by atoms with Crippen LogP contribution >= 0.6 is 0 Å². The van der Waals surface area contributed by atoms with Gasteiger partial charge < -0.3 is 5.32 Å². The molecule has 1 aliphatic rings. The number of carbonyl (C=O) groups is 1. The zero-order valence-electron chi connectivity index (χ0n) is 10.7. The number of rotatable bonds is 1. The number of amides is 1. The zero-order chi connectivity index (χ0) is 13.8. The van der Waals surface area contributed by atoms with Crippen molar-refractivity contribution in [1.29, 1.82) is 0 Å². The van der Waals surface area contributed by atoms with E-state index in [1.165, 1.54) is 0 Å². The summed E-state index contributed by atoms with van der Waals surface area (Å²) in [7, 11) is 0. The topological polar surface area (TPSA) is 53.5 Å². The van der Waals surface area contributed by atoms with Gasteiger partial charge in [0.15, 0.2) is 5.84 Å². The first-order valence-corrected chi connectivity index (χ1v) is 6.30. The molecule has 0 bridgehead atoms. The van der Waals surface area contributed by atoms with E-state index in [0.717, 1.165) is 11.3 Å². The van der Waals surface area contributed by atoms with Crippen LogP contribution in [0.4, 0.5) is 5.69 Å². The van der Waals surface area contributed by atoms with Crippen LogP contribution in [-0.2, 0) is 0 Å². The third-order valence-electron chi connectivity index (χ3n) is 2.96. The fourth-order valence-electron chi connectivity index (χ4n) is 1.92. The molecule has 2 aromatic rings. The number of para-hydroxylation sites is 1. The minimum absolute atomic E-state index is 0.179. The van der Waals surface area contributed by atoms with Crippen LogP contribution in [0, 0.1) is 0 Å². The second-order valence-corrected chi connectivity index (χ2v) is 4.35. The van der Waals surface area contributed by atoms with E-state index in [0.29, 0.717) is 11.4 Å². The largest absolute Gasteiger partial charge is 0.305 e. The molecule has 0 fully saturated rings. The predicted octanol–water partition coefficient (Wildman–Crippen LogP) is 2.87. The monoisotopic (exact) mass is 263 g/mol. The number of amidine groups is 1. The highest BCUT2D eigenvalue weighted by atomic mass is 16.1. The summed E-state index contributed by atoms with van der Waals surface area (Å²) in [4.78, 5) is 12.0. The molecular formula is C16H13N3O. The van der Waals surface area contributed by atoms with E-state index >= 15 is 0 Å². The molecule has 2 N–H and O–H groups in total. The number of fused-ring (bicyclic) bond motifs is 1. The summed E-state index contributed by atoms with van der Waals surface area (Å²) in [6.45, 7) is 0. The Kier molecular flexibility index (Phi) is 3.29. The molecule has 0 atom stereocenters. The molecule has 4 heteroatoms. The molecular weight excluding hydrogens is 250 g/mol. The van der Waals surface area contributed by atoms with Gasteiger partial charge in [-0.1, -0.05) is 36.4 Å². The van der Waals surface area contributed by atoms with E-state index in [-0.39, 0.29) is 5.91 Å². The Morgan fingerprint density at radius 3 is 2.55 bits per heavy atom. The summed E-state index contributed by atoms with van der Waals surface area (Å²) in [5, 5.41) is 6.95. The number of carbonyl (C=O) groups excluding carboxylic acids is 1. The van der Waals surface area contributed by atoms with Crippen LogP contribution in [0.2, 0.25) is 0 Å². The molecule has 1 heterocycles. The standard InChI is InChI=1S/C16H13N3O/c20-16(13-7-2-1-3-8-13)17-15-11-10-12-6-4-5-9-14(12)18-19-15/h1-11,18H,(H,17,19,20). The lowest BCUT2D eigenvalue weighted by molar-refractivity contribution is 0.0977. The summed E-state index contributed by atoms with van der Waals surface area (Å²) in [5.74, 6) is 0.303. The molecule has 0 radical (unpaired) electrons. The number of hydrazone groups is 1. The molecule has 0 aromatic heterocycles. The zero-order valence-corrected chi connectivity index (χ0v) is 10.7. The average Bonchev–Trinajstić information content (AvgIpc) is 2.71. The Bertz CT molecular complexity index is 690. The maximum Gasteiger partial charge on any atom is 0.256 e. The van der Waals surface area contributed by atoms with Crippen LogP contribution in [0.25, 0.3) is 6.08 Å². The van der Waals surface area contributed by atoms with E-state index < -0.39 is 0 Å². The van der Waals surface area contributed by atoms with Crippen LogP contribution in [0.1, 0.15) is 15.9 Å². The number of nitrogens with one attached hydrogen (secondary N) is 2. The summed E-state index contributed by atoms with van der Waals surface area (Å²) in [6, 6.07) is 16.9. The highest BCUT2D eigenvalue weighted by Crippen LogP contribution is 2.18. The molecule has 0 saturated heterocycles. The highest BCUT2D eigenvalue weighted by molar-refractivity contribution is 6.12. The van der Waals surface area contributed by atoms with Crippen molar-refractivity contribution in [2.45, 2.75) is 0 Å². The van der Waals surface area contributed by atoms with Crippen LogP contribution in [0.15, 0.2) is 65.8 Å². The number of benzene rings is 2. The van der Waals surface area contributed by atoms with Gasteiger partial charge in [-0.25, -0.2) is 0 Å². The molecule has 1 aliphatic heterocycles. The van der Waals surface area contributed by atoms with Crippen molar-refractivity contribution in [3.63, 3.8) is 0 Å². The van der Waals surface area contributed by atoms with Gasteiger partial charge in [-0.15, -0.1) is 0 Å². The van der Waals surface area contributed by atoms with Gasteiger partial charge in [-0.3, -0.25) is 10.2 Å². The quantitative estimate of drug-likeness (QED) is 0.831. The summed E-state index contributed by atoms with van der Waals surface area (Å²) in [6.07, 6.45) is 3.69. The summed E-state index contributed by atoms with van der Waals surface area (Å²) < 4.78 is 0. The van der Waals surface area contributed by atoms with Crippen LogP contribution < -0.4 is 10.7 Å². The van der Waals surface area contributed by atoms with Crippen molar-refractivity contribution < 1.29 is 4.79 Å². The molecule has 98 valence electrons. The van der Waals surface area contributed by atoms with E-state index in [1.54, 1.807) is 18.2 Å². The lowest BCUT2D eigenvalue weighted by Crippen LogP contribution is -2.29. The van der Waals surface area contributed by atoms with Crippen LogP contribution in [0.5, 0.6) is 0 Å². The molecule has 0 unspecified atom stereocenters. The van der Waals surface area contributed by atoms with Crippen molar-refractivity contribution in [2.24, 2.45) is 5.10 Å². The van der Waals surface area contributed by atoms with Crippen LogP contribution in [-0.4, -0.2) is 11.7 Å². The Labute approximate surface area is 116 Å². The average molecular weight is 263 g/mol. The van der Waals surface area contributed by atoms with Crippen molar-refractivity contribution in [1.82, 2.24) is 5.32 Å². The third-order valence-corrected chi connectivity index (χ3v) is 2.96. The van der Waals surface area contributed by atoms with E-state index in [2.05, 4.69) is 15.8 Å². The van der Waals surface area contributed by atoms with E-state index in [9.17, 15) is 4.79 Å². The number of nitrogens with zero attached hydrogens (tertiary/aromatic N) is 1. The van der Waals surface area contributed by atoms with E-state index in [4.69, 9.17) is 0 Å². The van der Waals surface area contributed by atoms with Gasteiger partial charge in [-0.2, -0.15) is 5.10 Å². The molecule has 2 aromatic carbocycles. The van der Waals surface area contributed by atoms with Gasteiger partial charge in [0.1, 0.15) is 0 Å². The van der Waals surface area contributed by atoms with Gasteiger partial charge in [0.25, 0.3) is 5.91 Å². The Morgan fingerprint density at radius 1 is 0.950 bits per heavy atom. The summed E-state index contributed by atoms with van der Waals surface area (Å²) in [5.41, 5.74) is 5.48. The highest BCUT2D eigenvalue weighted by Gasteiger charge is 2.09. The molecule has 3 rings (SSSR count). The van der Waals surface area contributed by atoms with E-state index in [1.807, 2.05) is 48.5 Å². The smallest absolute Gasteiger partial charge is 0.256 e. The Hall–Kier alpha value is -2.88. The van der Waals surface area contributed by atoms with Crippen molar-refractivity contribution in [3.05, 3.63) is 71.8 Å². The lowest BCUT2D eigenvalue weighted by Gasteiger charge is -2.05. The number of hydrogen-bond donors (Lipinski definition) is 2. The minimum atomic E-state index is -0.179. The second kappa shape index (κ2) is 5.40. The molecule has 20 heavy (non-hydrogen) atoms. The minimum Gasteiger partial charge on any atom is -0.305 e. The van der Waals surface area contributed by atoms with Gasteiger partial charge in [0.05, 0.1) is 5.69 Å². The van der Waals surface area contributed by atoms with Crippen molar-refractivity contribution in [2.75, 3.05) is 5.43 Å². The molecule has 0 spiro atoms. The SMILES string of the molecule is O=C(NC1=NNc2ccccc2C=C1)c1ccccc1. The number of hydrogen-bond acceptors (Lipinski definition) is 3. The van der Waals surface area contributed by atoms with Gasteiger partial charge >= 0.3 is 0 Å². The maximum atomic E-state index is 12.0. The fourth-order valence-corrected chi connectivity index (χ4v) is 1.92. The van der Waals surface area contributed by atoms with Crippen LogP contribution in [0.3, 0.4) is 0 Å². The Morgan fingerprint density at radius 2 is 1.70 bits per heavy atom. The van der Waals surface area contributed by atoms with Gasteiger partial charge in [0, 0.05) is 5.56 Å². The third kappa shape index (κ3) is 2.59. The van der Waals surface area contributed by atoms with Crippen molar-refractivity contribution in [3.8, 4) is 0 Å². The van der Waals surface area contributed by atoms with Crippen molar-refractivity contribution >= 4 is 23.5 Å². The first kappa shape index (κ1) is 12.2. The second-order valence-electron chi connectivity index (χ2n) is 4.35. The first-order valence-electron chi connectivity index (χ1n) is 6.30. The predicted molar refractivity (Wildman–Crippen MR) is 80.4 cm³/mol. The molecule has 0 aliphatic carbocycles. The van der Waals surface area contributed by atoms with Gasteiger partial charge in [0.2, 0.25) is 0 Å². The van der Waals surface area contributed by atoms with Gasteiger partial charge in [-0.05, 0) is 35.9 Å². The maximum absolute atomic E-state index is 12.0. The molecule has 0 saturated carbocycles. The fraction of sp³-hybridized carbons (Fsp3) is 0. The molecule has 1 amide bonds. The normalized spacial score (nSPS) is 12.7. The number of anilines is 1. The summed E-state index contributed by atoms with van der Waals surface area (Å²) >= 11 is 0.